The van der Waals surface area contributed by atoms with Crippen LogP contribution < -0.4 is 5.32 Å². The van der Waals surface area contributed by atoms with Crippen LogP contribution in [0.15, 0.2) is 24.3 Å². The van der Waals surface area contributed by atoms with E-state index in [0.29, 0.717) is 6.54 Å². The third-order valence-corrected chi connectivity index (χ3v) is 2.28. The summed E-state index contributed by atoms with van der Waals surface area (Å²) in [5, 5.41) is 12.0. The van der Waals surface area contributed by atoms with Crippen molar-refractivity contribution in [2.75, 3.05) is 11.9 Å². The van der Waals surface area contributed by atoms with Crippen LogP contribution in [0.2, 0.25) is 0 Å². The summed E-state index contributed by atoms with van der Waals surface area (Å²) in [5.74, 6) is 2.51. The highest BCUT2D eigenvalue weighted by molar-refractivity contribution is 5.47. The summed E-state index contributed by atoms with van der Waals surface area (Å²) >= 11 is 0. The lowest BCUT2D eigenvalue weighted by atomic mass is 9.86. The average molecular weight is 198 g/mol. The molecule has 0 aliphatic heterocycles. The van der Waals surface area contributed by atoms with Crippen LogP contribution in [0.4, 0.5) is 5.69 Å². The molecule has 1 rings (SSSR count). The molecule has 0 atom stereocenters. The molecule has 2 nitrogen and oxygen atoms in total. The quantitative estimate of drug-likeness (QED) is 0.757. The molecule has 0 unspecified atom stereocenters. The molecule has 0 bridgehead atoms. The van der Waals surface area contributed by atoms with E-state index in [1.165, 1.54) is 0 Å². The summed E-state index contributed by atoms with van der Waals surface area (Å²) in [7, 11) is 0. The van der Waals surface area contributed by atoms with E-state index in [2.05, 4.69) is 17.3 Å². The normalized spacial score (nSPS) is 10.1. The van der Waals surface area contributed by atoms with E-state index in [0.717, 1.165) is 11.3 Å². The van der Waals surface area contributed by atoms with Gasteiger partial charge < -0.3 is 5.32 Å². The molecular formula is C13H14N2. The highest BCUT2D eigenvalue weighted by Gasteiger charge is 2.18. The zero-order chi connectivity index (χ0) is 11.3. The van der Waals surface area contributed by atoms with Crippen LogP contribution in [0.3, 0.4) is 0 Å². The Morgan fingerprint density at radius 2 is 1.93 bits per heavy atom. The number of benzene rings is 1. The molecule has 1 N–H and O–H groups in total. The van der Waals surface area contributed by atoms with E-state index in [4.69, 9.17) is 11.7 Å². The predicted molar refractivity (Wildman–Crippen MR) is 62.4 cm³/mol. The molecule has 76 valence electrons. The van der Waals surface area contributed by atoms with E-state index in [9.17, 15) is 0 Å². The van der Waals surface area contributed by atoms with Crippen molar-refractivity contribution >= 4 is 5.69 Å². The number of nitriles is 1. The monoisotopic (exact) mass is 198 g/mol. The Morgan fingerprint density at radius 1 is 1.33 bits per heavy atom. The number of anilines is 1. The zero-order valence-electron chi connectivity index (χ0n) is 9.04. The molecule has 0 fully saturated rings. The number of hydrogen-bond acceptors (Lipinski definition) is 2. The Morgan fingerprint density at radius 3 is 2.40 bits per heavy atom. The first kappa shape index (κ1) is 11.1. The van der Waals surface area contributed by atoms with Crippen LogP contribution >= 0.6 is 0 Å². The predicted octanol–water partition coefficient (Wildman–Crippen LogP) is 2.53. The van der Waals surface area contributed by atoms with Gasteiger partial charge in [-0.1, -0.05) is 18.1 Å². The van der Waals surface area contributed by atoms with E-state index in [1.54, 1.807) is 0 Å². The van der Waals surface area contributed by atoms with Gasteiger partial charge in [-0.3, -0.25) is 0 Å². The van der Waals surface area contributed by atoms with Crippen molar-refractivity contribution in [3.63, 3.8) is 0 Å². The van der Waals surface area contributed by atoms with Gasteiger partial charge in [-0.25, -0.2) is 0 Å². The maximum Gasteiger partial charge on any atom is 0.0766 e. The first-order valence-corrected chi connectivity index (χ1v) is 4.79. The molecule has 0 radical (unpaired) electrons. The number of rotatable bonds is 3. The van der Waals surface area contributed by atoms with Crippen LogP contribution in [0, 0.1) is 23.7 Å². The van der Waals surface area contributed by atoms with Gasteiger partial charge in [0.1, 0.15) is 0 Å². The topological polar surface area (TPSA) is 35.8 Å². The van der Waals surface area contributed by atoms with Crippen molar-refractivity contribution < 1.29 is 0 Å². The fraction of sp³-hybridized carbons (Fsp3) is 0.308. The molecule has 0 saturated heterocycles. The van der Waals surface area contributed by atoms with Crippen molar-refractivity contribution in [2.24, 2.45) is 0 Å². The fourth-order valence-electron chi connectivity index (χ4n) is 1.22. The van der Waals surface area contributed by atoms with Gasteiger partial charge in [-0.2, -0.15) is 5.26 Å². The van der Waals surface area contributed by atoms with Gasteiger partial charge in [0, 0.05) is 5.69 Å². The van der Waals surface area contributed by atoms with E-state index >= 15 is 0 Å². The summed E-state index contributed by atoms with van der Waals surface area (Å²) in [6.45, 7) is 4.31. The molecule has 0 saturated carbocycles. The lowest BCUT2D eigenvalue weighted by Crippen LogP contribution is -2.13. The van der Waals surface area contributed by atoms with Crippen molar-refractivity contribution in [1.29, 1.82) is 5.26 Å². The van der Waals surface area contributed by atoms with Crippen LogP contribution in [-0.2, 0) is 5.41 Å². The minimum atomic E-state index is -0.440. The summed E-state index contributed by atoms with van der Waals surface area (Å²) in [5.41, 5.74) is 1.55. The van der Waals surface area contributed by atoms with Crippen LogP contribution in [0.1, 0.15) is 19.4 Å². The van der Waals surface area contributed by atoms with Crippen molar-refractivity contribution in [1.82, 2.24) is 0 Å². The van der Waals surface area contributed by atoms with Gasteiger partial charge >= 0.3 is 0 Å². The van der Waals surface area contributed by atoms with Crippen molar-refractivity contribution in [3.05, 3.63) is 29.8 Å². The minimum Gasteiger partial charge on any atom is -0.374 e. The first-order valence-electron chi connectivity index (χ1n) is 4.79. The summed E-state index contributed by atoms with van der Waals surface area (Å²) in [6, 6.07) is 10.0. The molecule has 1 aromatic carbocycles. The Hall–Kier alpha value is -1.93. The minimum absolute atomic E-state index is 0.440. The second-order valence-electron chi connectivity index (χ2n) is 3.87. The molecular weight excluding hydrogens is 184 g/mol. The molecule has 0 aliphatic rings. The zero-order valence-corrected chi connectivity index (χ0v) is 9.04. The Bertz CT molecular complexity index is 402. The van der Waals surface area contributed by atoms with Crippen LogP contribution in [-0.4, -0.2) is 6.54 Å². The summed E-state index contributed by atoms with van der Waals surface area (Å²) < 4.78 is 0. The molecule has 0 aliphatic carbocycles. The highest BCUT2D eigenvalue weighted by Crippen LogP contribution is 2.23. The van der Waals surface area contributed by atoms with Crippen LogP contribution in [0.25, 0.3) is 0 Å². The Labute approximate surface area is 90.9 Å². The van der Waals surface area contributed by atoms with Crippen LogP contribution in [0.5, 0.6) is 0 Å². The molecule has 0 heterocycles. The first-order chi connectivity index (χ1) is 7.10. The second kappa shape index (κ2) is 4.53. The van der Waals surface area contributed by atoms with E-state index in [-0.39, 0.29) is 0 Å². The smallest absolute Gasteiger partial charge is 0.0766 e. The second-order valence-corrected chi connectivity index (χ2v) is 3.87. The molecule has 1 aromatic rings. The molecule has 15 heavy (non-hydrogen) atoms. The largest absolute Gasteiger partial charge is 0.374 e. The lowest BCUT2D eigenvalue weighted by molar-refractivity contribution is 0.687. The van der Waals surface area contributed by atoms with E-state index < -0.39 is 5.41 Å². The molecule has 0 amide bonds. The average Bonchev–Trinajstić information content (AvgIpc) is 2.27. The molecule has 0 aromatic heterocycles. The van der Waals surface area contributed by atoms with Gasteiger partial charge in [0.25, 0.3) is 0 Å². The number of hydrogen-bond donors (Lipinski definition) is 1. The van der Waals surface area contributed by atoms with Gasteiger partial charge in [-0.15, -0.1) is 6.42 Å². The fourth-order valence-corrected chi connectivity index (χ4v) is 1.22. The third kappa shape index (κ3) is 2.76. The van der Waals surface area contributed by atoms with E-state index in [1.807, 2.05) is 38.1 Å². The summed E-state index contributed by atoms with van der Waals surface area (Å²) in [6.07, 6.45) is 5.14. The summed E-state index contributed by atoms with van der Waals surface area (Å²) in [4.78, 5) is 0. The molecule has 0 spiro atoms. The Balaban J connectivity index is 2.83. The molecule has 2 heteroatoms. The van der Waals surface area contributed by atoms with Gasteiger partial charge in [0.05, 0.1) is 18.0 Å². The maximum atomic E-state index is 8.97. The standard InChI is InChI=1S/C13H14N2/c1-4-9-15-12-7-5-11(6-8-12)13(2,3)10-14/h1,5-8,15H,9H2,2-3H3. The maximum absolute atomic E-state index is 8.97. The lowest BCUT2D eigenvalue weighted by Gasteiger charge is -2.16. The number of nitrogens with one attached hydrogen (secondary N) is 1. The van der Waals surface area contributed by atoms with Crippen molar-refractivity contribution in [2.45, 2.75) is 19.3 Å². The van der Waals surface area contributed by atoms with Crippen molar-refractivity contribution in [3.8, 4) is 18.4 Å². The number of terminal acetylenes is 1. The van der Waals surface area contributed by atoms with Gasteiger partial charge in [0.15, 0.2) is 0 Å². The highest BCUT2D eigenvalue weighted by atomic mass is 14.8. The SMILES string of the molecule is C#CCNc1ccc(C(C)(C)C#N)cc1. The van der Waals surface area contributed by atoms with Gasteiger partial charge in [0.2, 0.25) is 0 Å². The third-order valence-electron chi connectivity index (χ3n) is 2.28. The van der Waals surface area contributed by atoms with Gasteiger partial charge in [-0.05, 0) is 31.5 Å². The Kier molecular flexibility index (Phi) is 3.37. The number of nitrogens with zero attached hydrogens (tertiary/aromatic N) is 1.